The molecule has 0 unspecified atom stereocenters. The van der Waals surface area contributed by atoms with Gasteiger partial charge >= 0.3 is 83.7 Å². The number of halogens is 2. The second kappa shape index (κ2) is 31.1. The van der Waals surface area contributed by atoms with Crippen molar-refractivity contribution in [2.24, 2.45) is 23.7 Å². The molecule has 0 aliphatic carbocycles. The first kappa shape index (κ1) is 58.1. The van der Waals surface area contributed by atoms with Crippen LogP contribution in [0.15, 0.2) is 146 Å². The minimum atomic E-state index is 0. The van der Waals surface area contributed by atoms with Crippen LogP contribution in [0.1, 0.15) is 77.6 Å². The molecule has 8 rings (SSSR count). The summed E-state index contributed by atoms with van der Waals surface area (Å²) in [5.41, 5.74) is 6.30. The fourth-order valence-electron chi connectivity index (χ4n) is 7.22. The van der Waals surface area contributed by atoms with E-state index in [1.165, 1.54) is 91.0 Å². The van der Waals surface area contributed by atoms with Crippen LogP contribution in [0.5, 0.6) is 0 Å². The molecule has 0 amide bonds. The average molecular weight is 1050 g/mol. The summed E-state index contributed by atoms with van der Waals surface area (Å²) in [4.78, 5) is 0. The first-order chi connectivity index (χ1) is 28.5. The van der Waals surface area contributed by atoms with Crippen molar-refractivity contribution in [2.75, 3.05) is 0 Å². The SMILES string of the molecule is CC(C)Cc1cc2ccccc2[cH-]1.CC(C)Cc1cc2ccccc2[cH-]1.CC(C)Cc1cc2ccccc2[cH-]1.CC(C)Cc1cc2ccccc2[cH-]1.C[Si](C)=[Zr+2].C[Si](C)=[Zr+2].[Cl-].[Cl-]. The molecule has 8 aromatic rings. The average Bonchev–Trinajstić information content (AvgIpc) is 3.94. The van der Waals surface area contributed by atoms with Gasteiger partial charge in [-0.25, -0.2) is 0 Å². The van der Waals surface area contributed by atoms with E-state index in [1.807, 2.05) is 0 Å². The Hall–Kier alpha value is -1.90. The first-order valence-electron chi connectivity index (χ1n) is 22.1. The van der Waals surface area contributed by atoms with Crippen LogP contribution in [0, 0.1) is 23.7 Å². The normalized spacial score (nSPS) is 10.4. The van der Waals surface area contributed by atoms with Crippen molar-refractivity contribution in [3.63, 3.8) is 0 Å². The number of hydrogen-bond acceptors (Lipinski definition) is 0. The molecule has 8 aromatic carbocycles. The molecule has 0 N–H and O–H groups in total. The molecule has 0 nitrogen and oxygen atoms in total. The Balaban J connectivity index is 0.000000386. The molecule has 0 aliphatic heterocycles. The maximum Gasteiger partial charge on any atom is -1.00 e. The Morgan fingerprint density at radius 1 is 0.355 bits per heavy atom. The van der Waals surface area contributed by atoms with Gasteiger partial charge in [-0.15, -0.1) is 162 Å². The molecule has 0 spiro atoms. The Kier molecular flexibility index (Phi) is 29.1. The van der Waals surface area contributed by atoms with E-state index in [0.717, 1.165) is 23.7 Å². The van der Waals surface area contributed by atoms with Gasteiger partial charge in [0.15, 0.2) is 0 Å². The van der Waals surface area contributed by atoms with Crippen molar-refractivity contribution < 1.29 is 71.5 Å². The van der Waals surface area contributed by atoms with Gasteiger partial charge < -0.3 is 24.8 Å². The van der Waals surface area contributed by atoms with Gasteiger partial charge in [-0.3, -0.25) is 0 Å². The van der Waals surface area contributed by atoms with Crippen LogP contribution in [-0.4, -0.2) is 10.9 Å². The molecule has 328 valence electrons. The van der Waals surface area contributed by atoms with Crippen LogP contribution in [-0.2, 0) is 72.4 Å². The van der Waals surface area contributed by atoms with Crippen LogP contribution in [0.3, 0.4) is 0 Å². The summed E-state index contributed by atoms with van der Waals surface area (Å²) in [6.07, 6.45) is 4.76. The van der Waals surface area contributed by atoms with E-state index in [-0.39, 0.29) is 35.7 Å². The zero-order valence-corrected chi connectivity index (χ0v) is 48.2. The molecule has 0 saturated heterocycles. The number of fused-ring (bicyclic) bond motifs is 4. The smallest absolute Gasteiger partial charge is 1.00 e. The van der Waals surface area contributed by atoms with Crippen LogP contribution < -0.4 is 24.8 Å². The summed E-state index contributed by atoms with van der Waals surface area (Å²) in [5, 5.41) is 11.0. The summed E-state index contributed by atoms with van der Waals surface area (Å²) in [6, 6.07) is 52.6. The van der Waals surface area contributed by atoms with Crippen molar-refractivity contribution in [1.82, 2.24) is 0 Å². The first-order valence-corrected chi connectivity index (χ1v) is 34.5. The van der Waals surface area contributed by atoms with Crippen molar-refractivity contribution >= 4 is 54.0 Å². The van der Waals surface area contributed by atoms with Crippen molar-refractivity contribution in [1.29, 1.82) is 0 Å². The molecule has 0 aliphatic rings. The quantitative estimate of drug-likeness (QED) is 0.105. The van der Waals surface area contributed by atoms with Crippen LogP contribution in [0.4, 0.5) is 0 Å². The molecule has 0 aromatic heterocycles. The van der Waals surface area contributed by atoms with E-state index in [4.69, 9.17) is 0 Å². The van der Waals surface area contributed by atoms with Gasteiger partial charge in [-0.2, -0.15) is 24.3 Å². The van der Waals surface area contributed by atoms with E-state index in [0.29, 0.717) is 0 Å². The molecule has 6 heteroatoms. The largest absolute Gasteiger partial charge is 1.00 e. The summed E-state index contributed by atoms with van der Waals surface area (Å²) >= 11 is 3.48. The summed E-state index contributed by atoms with van der Waals surface area (Å²) in [5.74, 6) is 2.99. The van der Waals surface area contributed by atoms with Gasteiger partial charge in [-0.1, -0.05) is 79.7 Å². The zero-order valence-electron chi connectivity index (χ0n) is 39.8. The van der Waals surface area contributed by atoms with E-state index in [1.54, 1.807) is 46.7 Å². The second-order valence-electron chi connectivity index (χ2n) is 18.4. The summed E-state index contributed by atoms with van der Waals surface area (Å²) in [7, 11) is 0. The molecule has 62 heavy (non-hydrogen) atoms. The fourth-order valence-corrected chi connectivity index (χ4v) is 7.22. The third-order valence-corrected chi connectivity index (χ3v) is 9.29. The standard InChI is InChI=1S/4C13H15.2C2H6Si.2ClH.2Zr/c4*1-10(2)7-11-8-12-5-3-4-6-13(12)9-11;2*1-3-2;;;;/h4*3-6,8-10H,7H2,1-2H3;2*1-2H3;2*1H;;/q4*-1;;;;;2*+2/p-2. The predicted octanol–water partition coefficient (Wildman–Crippen LogP) is 10.6. The van der Waals surface area contributed by atoms with Gasteiger partial charge in [0.1, 0.15) is 0 Å². The number of benzene rings is 4. The van der Waals surface area contributed by atoms with E-state index < -0.39 is 0 Å². The Labute approximate surface area is 420 Å². The fraction of sp³-hybridized carbons (Fsp3) is 0.357. The van der Waals surface area contributed by atoms with E-state index in [2.05, 4.69) is 227 Å². The van der Waals surface area contributed by atoms with Crippen LogP contribution >= 0.6 is 0 Å². The van der Waals surface area contributed by atoms with E-state index >= 15 is 0 Å². The molecule has 0 saturated carbocycles. The monoisotopic (exact) mass is 1050 g/mol. The summed E-state index contributed by atoms with van der Waals surface area (Å²) < 4.78 is 0. The zero-order chi connectivity index (χ0) is 44.2. The maximum atomic E-state index is 2.31. The van der Waals surface area contributed by atoms with Gasteiger partial charge in [0.25, 0.3) is 0 Å². The molecular weight excluding hydrogens is 982 g/mol. The Morgan fingerprint density at radius 2 is 0.516 bits per heavy atom. The van der Waals surface area contributed by atoms with Crippen molar-refractivity contribution in [3.8, 4) is 0 Å². The minimum absolute atomic E-state index is 0. The molecule has 0 heterocycles. The molecule has 0 fully saturated rings. The molecular formula is C56H72Cl2Si2Zr2-2. The van der Waals surface area contributed by atoms with Gasteiger partial charge in [-0.05, 0) is 49.4 Å². The third kappa shape index (κ3) is 23.3. The van der Waals surface area contributed by atoms with Crippen molar-refractivity contribution in [3.05, 3.63) is 168 Å². The van der Waals surface area contributed by atoms with Crippen LogP contribution in [0.25, 0.3) is 43.1 Å². The van der Waals surface area contributed by atoms with Gasteiger partial charge in [0.05, 0.1) is 0 Å². The van der Waals surface area contributed by atoms with Crippen LogP contribution in [0.2, 0.25) is 26.2 Å². The minimum Gasteiger partial charge on any atom is -1.00 e. The maximum absolute atomic E-state index is 2.31. The number of hydrogen-bond donors (Lipinski definition) is 0. The number of rotatable bonds is 8. The third-order valence-electron chi connectivity index (χ3n) is 9.29. The topological polar surface area (TPSA) is 0 Å². The molecule has 0 atom stereocenters. The molecule has 0 bridgehead atoms. The van der Waals surface area contributed by atoms with E-state index in [9.17, 15) is 0 Å². The Bertz CT molecular complexity index is 1980. The summed E-state index contributed by atoms with van der Waals surface area (Å²) in [6.45, 7) is 27.3. The van der Waals surface area contributed by atoms with Gasteiger partial charge in [0.2, 0.25) is 0 Å². The predicted molar refractivity (Wildman–Crippen MR) is 267 cm³/mol. The molecule has 0 radical (unpaired) electrons. The van der Waals surface area contributed by atoms with Crippen molar-refractivity contribution in [2.45, 2.75) is 107 Å². The second-order valence-corrected chi connectivity index (χ2v) is 37.1. The van der Waals surface area contributed by atoms with Gasteiger partial charge in [0, 0.05) is 0 Å². The Morgan fingerprint density at radius 3 is 0.661 bits per heavy atom.